The fraction of sp³-hybridized carbons (Fsp3) is 0.226. The molecule has 0 bridgehead atoms. The van der Waals surface area contributed by atoms with Crippen molar-refractivity contribution in [3.8, 4) is 0 Å². The summed E-state index contributed by atoms with van der Waals surface area (Å²) in [6, 6.07) is 20.6. The number of carbonyl (C=O) groups excluding carboxylic acids is 3. The number of nitrogens with zero attached hydrogens (tertiary/aromatic N) is 2. The first kappa shape index (κ1) is 29.3. The number of hydrogen-bond acceptors (Lipinski definition) is 8. The summed E-state index contributed by atoms with van der Waals surface area (Å²) < 4.78 is 50.8. The van der Waals surface area contributed by atoms with Crippen LogP contribution in [0.4, 0.5) is 19.1 Å². The molecule has 0 radical (unpaired) electrons. The molecule has 1 saturated heterocycles. The van der Waals surface area contributed by atoms with Crippen LogP contribution in [0.5, 0.6) is 0 Å². The van der Waals surface area contributed by atoms with Gasteiger partial charge in [0.2, 0.25) is 5.95 Å². The highest BCUT2D eigenvalue weighted by Gasteiger charge is 2.54. The zero-order valence-corrected chi connectivity index (χ0v) is 23.9. The standard InChI is InChI=1S/C31H25F3N4O5S/c1-17(39)42-15-20-16-44-28-24(37-30-35-22-13-12-21(31(32,33)34)14-23(22)36-30)27(40)38(28)25(20)29(41)43-26(18-8-4-2-5-9-18)19-10-6-3-7-11-19/h2-14,24,26,28H,15-16H2,1H3,(H2,35,36,37)/t24-,28?/m1/s1. The predicted octanol–water partition coefficient (Wildman–Crippen LogP) is 5.43. The lowest BCUT2D eigenvalue weighted by Crippen LogP contribution is -2.68. The SMILES string of the molecule is CC(=O)OCC1=C(C(=O)OC(c2ccccc2)c2ccccc2)N2C(=O)[C@@H](Nc3nc4ccc(C(F)(F)F)cc4[nH]3)C2SC1. The summed E-state index contributed by atoms with van der Waals surface area (Å²) in [4.78, 5) is 47.4. The fourth-order valence-electron chi connectivity index (χ4n) is 5.12. The Morgan fingerprint density at radius 3 is 2.34 bits per heavy atom. The number of hydrogen-bond donors (Lipinski definition) is 2. The molecule has 1 fully saturated rings. The average Bonchev–Trinajstić information content (AvgIpc) is 3.43. The summed E-state index contributed by atoms with van der Waals surface area (Å²) in [7, 11) is 0. The highest BCUT2D eigenvalue weighted by molar-refractivity contribution is 8.00. The largest absolute Gasteiger partial charge is 0.461 e. The molecular weight excluding hydrogens is 597 g/mol. The van der Waals surface area contributed by atoms with Gasteiger partial charge >= 0.3 is 18.1 Å². The third-order valence-electron chi connectivity index (χ3n) is 7.22. The van der Waals surface area contributed by atoms with Gasteiger partial charge in [0.1, 0.15) is 23.7 Å². The molecule has 4 aromatic rings. The molecule has 226 valence electrons. The van der Waals surface area contributed by atoms with Gasteiger partial charge in [-0.3, -0.25) is 14.5 Å². The maximum atomic E-state index is 13.9. The molecule has 6 rings (SSSR count). The minimum absolute atomic E-state index is 0.00524. The first-order valence-corrected chi connectivity index (χ1v) is 14.6. The molecule has 2 N–H and O–H groups in total. The number of aromatic nitrogens is 2. The van der Waals surface area contributed by atoms with Crippen LogP contribution in [0.2, 0.25) is 0 Å². The molecule has 1 aromatic heterocycles. The van der Waals surface area contributed by atoms with Crippen LogP contribution in [-0.2, 0) is 30.0 Å². The summed E-state index contributed by atoms with van der Waals surface area (Å²) in [6.07, 6.45) is -5.29. The fourth-order valence-corrected chi connectivity index (χ4v) is 6.45. The Labute approximate surface area is 253 Å². The third-order valence-corrected chi connectivity index (χ3v) is 8.56. The number of H-pyrrole nitrogens is 1. The van der Waals surface area contributed by atoms with E-state index in [4.69, 9.17) is 9.47 Å². The lowest BCUT2D eigenvalue weighted by atomic mass is 10.0. The Balaban J connectivity index is 1.27. The van der Waals surface area contributed by atoms with Crippen molar-refractivity contribution in [2.45, 2.75) is 30.6 Å². The number of esters is 2. The van der Waals surface area contributed by atoms with E-state index in [1.165, 1.54) is 29.7 Å². The average molecular weight is 623 g/mol. The highest BCUT2D eigenvalue weighted by Crippen LogP contribution is 2.43. The molecule has 9 nitrogen and oxygen atoms in total. The quantitative estimate of drug-likeness (QED) is 0.198. The molecule has 0 aliphatic carbocycles. The van der Waals surface area contributed by atoms with E-state index in [1.54, 1.807) is 0 Å². The summed E-state index contributed by atoms with van der Waals surface area (Å²) in [5.41, 5.74) is 1.49. The first-order chi connectivity index (χ1) is 21.1. The summed E-state index contributed by atoms with van der Waals surface area (Å²) in [5, 5.41) is 2.41. The number of alkyl halides is 3. The summed E-state index contributed by atoms with van der Waals surface area (Å²) >= 11 is 1.34. The Bertz CT molecular complexity index is 1720. The molecular formula is C31H25F3N4O5S. The van der Waals surface area contributed by atoms with E-state index in [9.17, 15) is 27.6 Å². The van der Waals surface area contributed by atoms with Gasteiger partial charge in [-0.15, -0.1) is 11.8 Å². The van der Waals surface area contributed by atoms with Crippen LogP contribution in [0.15, 0.2) is 90.1 Å². The number of thioether (sulfide) groups is 1. The van der Waals surface area contributed by atoms with E-state index in [2.05, 4.69) is 15.3 Å². The second kappa shape index (κ2) is 11.7. The van der Waals surface area contributed by atoms with Crippen molar-refractivity contribution in [2.24, 2.45) is 0 Å². The van der Waals surface area contributed by atoms with E-state index in [0.717, 1.165) is 23.3 Å². The van der Waals surface area contributed by atoms with Gasteiger partial charge in [-0.05, 0) is 29.3 Å². The maximum Gasteiger partial charge on any atom is 0.416 e. The Morgan fingerprint density at radius 1 is 1.07 bits per heavy atom. The molecule has 0 spiro atoms. The van der Waals surface area contributed by atoms with E-state index in [0.29, 0.717) is 11.1 Å². The Morgan fingerprint density at radius 2 is 1.73 bits per heavy atom. The molecule has 1 unspecified atom stereocenters. The molecule has 44 heavy (non-hydrogen) atoms. The number of imidazole rings is 1. The van der Waals surface area contributed by atoms with Gasteiger partial charge in [0.05, 0.1) is 16.6 Å². The molecule has 3 heterocycles. The Kier molecular flexibility index (Phi) is 7.80. The van der Waals surface area contributed by atoms with Gasteiger partial charge in [0.15, 0.2) is 6.10 Å². The maximum absolute atomic E-state index is 13.9. The number of fused-ring (bicyclic) bond motifs is 2. The van der Waals surface area contributed by atoms with Gasteiger partial charge in [0, 0.05) is 18.2 Å². The van der Waals surface area contributed by atoms with Crippen LogP contribution in [-0.4, -0.2) is 56.5 Å². The number of rotatable bonds is 8. The number of amides is 1. The van der Waals surface area contributed by atoms with Crippen molar-refractivity contribution in [1.82, 2.24) is 14.9 Å². The van der Waals surface area contributed by atoms with Gasteiger partial charge in [0.25, 0.3) is 5.91 Å². The van der Waals surface area contributed by atoms with Crippen molar-refractivity contribution >= 4 is 46.6 Å². The van der Waals surface area contributed by atoms with Crippen molar-refractivity contribution in [2.75, 3.05) is 17.7 Å². The normalized spacial score (nSPS) is 18.2. The van der Waals surface area contributed by atoms with Gasteiger partial charge in [-0.2, -0.15) is 13.2 Å². The van der Waals surface area contributed by atoms with Crippen molar-refractivity contribution in [3.63, 3.8) is 0 Å². The number of carbonyl (C=O) groups is 3. The summed E-state index contributed by atoms with van der Waals surface area (Å²) in [5.74, 6) is -1.39. The van der Waals surface area contributed by atoms with Crippen LogP contribution in [0.25, 0.3) is 11.0 Å². The van der Waals surface area contributed by atoms with Crippen LogP contribution in [0.1, 0.15) is 29.7 Å². The van der Waals surface area contributed by atoms with Crippen molar-refractivity contribution in [3.05, 3.63) is 107 Å². The monoisotopic (exact) mass is 622 g/mol. The van der Waals surface area contributed by atoms with Crippen LogP contribution in [0, 0.1) is 0 Å². The zero-order chi connectivity index (χ0) is 31.0. The number of ether oxygens (including phenoxy) is 2. The molecule has 1 amide bonds. The van der Waals surface area contributed by atoms with E-state index in [-0.39, 0.29) is 29.5 Å². The third kappa shape index (κ3) is 5.74. The first-order valence-electron chi connectivity index (χ1n) is 13.5. The second-order valence-corrected chi connectivity index (χ2v) is 11.3. The highest BCUT2D eigenvalue weighted by atomic mass is 32.2. The number of nitrogens with one attached hydrogen (secondary N) is 2. The molecule has 13 heteroatoms. The van der Waals surface area contributed by atoms with E-state index in [1.807, 2.05) is 60.7 Å². The number of β-lactam (4-membered cyclic amide) rings is 1. The lowest BCUT2D eigenvalue weighted by Gasteiger charge is -2.49. The van der Waals surface area contributed by atoms with Gasteiger partial charge < -0.3 is 19.8 Å². The molecule has 2 atom stereocenters. The van der Waals surface area contributed by atoms with Crippen molar-refractivity contribution < 1.29 is 37.0 Å². The van der Waals surface area contributed by atoms with Crippen LogP contribution >= 0.6 is 11.8 Å². The van der Waals surface area contributed by atoms with Gasteiger partial charge in [-0.25, -0.2) is 9.78 Å². The Hall–Kier alpha value is -4.78. The molecule has 3 aromatic carbocycles. The summed E-state index contributed by atoms with van der Waals surface area (Å²) in [6.45, 7) is 1.05. The topological polar surface area (TPSA) is 114 Å². The lowest BCUT2D eigenvalue weighted by molar-refractivity contribution is -0.152. The second-order valence-electron chi connectivity index (χ2n) is 10.2. The number of benzene rings is 3. The minimum atomic E-state index is -4.52. The van der Waals surface area contributed by atoms with Crippen LogP contribution < -0.4 is 5.32 Å². The van der Waals surface area contributed by atoms with Gasteiger partial charge in [-0.1, -0.05) is 60.7 Å². The molecule has 2 aliphatic heterocycles. The number of anilines is 1. The van der Waals surface area contributed by atoms with Crippen molar-refractivity contribution in [1.29, 1.82) is 0 Å². The van der Waals surface area contributed by atoms with E-state index >= 15 is 0 Å². The predicted molar refractivity (Wildman–Crippen MR) is 156 cm³/mol. The minimum Gasteiger partial charge on any atom is -0.461 e. The van der Waals surface area contributed by atoms with Crippen LogP contribution in [0.3, 0.4) is 0 Å². The smallest absolute Gasteiger partial charge is 0.416 e. The molecule has 0 saturated carbocycles. The zero-order valence-electron chi connectivity index (χ0n) is 23.1. The van der Waals surface area contributed by atoms with E-state index < -0.39 is 47.1 Å². The molecule has 2 aliphatic rings. The number of halogens is 3. The number of aromatic amines is 1.